The van der Waals surface area contributed by atoms with Crippen LogP contribution in [0, 0.1) is 11.8 Å². The van der Waals surface area contributed by atoms with Gasteiger partial charge in [-0.2, -0.15) is 18.3 Å². The molecule has 1 aromatic carbocycles. The van der Waals surface area contributed by atoms with Gasteiger partial charge in [0.05, 0.1) is 24.8 Å². The average Bonchev–Trinajstić information content (AvgIpc) is 3.14. The van der Waals surface area contributed by atoms with E-state index in [4.69, 9.17) is 0 Å². The van der Waals surface area contributed by atoms with E-state index in [9.17, 15) is 18.0 Å². The van der Waals surface area contributed by atoms with Crippen LogP contribution in [0.25, 0.3) is 11.0 Å². The van der Waals surface area contributed by atoms with Crippen LogP contribution < -0.4 is 15.8 Å². The maximum atomic E-state index is 13.4. The highest BCUT2D eigenvalue weighted by Crippen LogP contribution is 2.32. The molecule has 1 fully saturated rings. The molecular formula is C21H21F3N6O. The predicted molar refractivity (Wildman–Crippen MR) is 111 cm³/mol. The number of hydrogen-bond donors (Lipinski definition) is 1. The fraction of sp³-hybridized carbons (Fsp3) is 0.381. The molecule has 162 valence electrons. The molecule has 1 aliphatic rings. The van der Waals surface area contributed by atoms with Crippen LogP contribution in [0.15, 0.2) is 35.3 Å². The molecule has 2 aromatic heterocycles. The van der Waals surface area contributed by atoms with Gasteiger partial charge in [-0.05, 0) is 18.6 Å². The second kappa shape index (κ2) is 8.43. The van der Waals surface area contributed by atoms with Crippen LogP contribution in [0.4, 0.5) is 19.1 Å². The van der Waals surface area contributed by atoms with Gasteiger partial charge < -0.3 is 10.2 Å². The van der Waals surface area contributed by atoms with E-state index in [1.807, 2.05) is 0 Å². The molecule has 31 heavy (non-hydrogen) atoms. The highest BCUT2D eigenvalue weighted by Gasteiger charge is 2.33. The van der Waals surface area contributed by atoms with E-state index < -0.39 is 17.3 Å². The topological polar surface area (TPSA) is 68.0 Å². The molecule has 3 aromatic rings. The molecule has 7 nitrogen and oxygen atoms in total. The van der Waals surface area contributed by atoms with Crippen LogP contribution in [-0.2, 0) is 19.3 Å². The maximum Gasteiger partial charge on any atom is 0.416 e. The number of anilines is 1. The van der Waals surface area contributed by atoms with Crippen molar-refractivity contribution in [3.8, 4) is 11.8 Å². The van der Waals surface area contributed by atoms with Crippen LogP contribution in [0.2, 0.25) is 0 Å². The summed E-state index contributed by atoms with van der Waals surface area (Å²) in [4.78, 5) is 19.9. The summed E-state index contributed by atoms with van der Waals surface area (Å²) in [5.41, 5.74) is -0.616. The summed E-state index contributed by atoms with van der Waals surface area (Å²) >= 11 is 0. The van der Waals surface area contributed by atoms with E-state index in [1.54, 1.807) is 11.5 Å². The first-order chi connectivity index (χ1) is 14.9. The number of imidazole rings is 1. The van der Waals surface area contributed by atoms with E-state index in [1.165, 1.54) is 24.4 Å². The van der Waals surface area contributed by atoms with Gasteiger partial charge in [-0.1, -0.05) is 24.1 Å². The number of nitrogens with one attached hydrogen (secondary N) is 1. The van der Waals surface area contributed by atoms with Crippen LogP contribution in [0.1, 0.15) is 18.1 Å². The smallest absolute Gasteiger partial charge is 0.340 e. The molecule has 3 heterocycles. The van der Waals surface area contributed by atoms with Crippen molar-refractivity contribution < 1.29 is 13.2 Å². The molecule has 0 bridgehead atoms. The average molecular weight is 430 g/mol. The quantitative estimate of drug-likeness (QED) is 0.642. The third kappa shape index (κ3) is 4.14. The summed E-state index contributed by atoms with van der Waals surface area (Å²) in [6, 6.07) is 5.19. The Balaban J connectivity index is 1.82. The van der Waals surface area contributed by atoms with E-state index in [0.717, 1.165) is 36.9 Å². The molecule has 10 heteroatoms. The number of aromatic nitrogens is 4. The molecule has 0 radical (unpaired) electrons. The largest absolute Gasteiger partial charge is 0.416 e. The lowest BCUT2D eigenvalue weighted by atomic mass is 10.1. The van der Waals surface area contributed by atoms with Crippen molar-refractivity contribution in [2.45, 2.75) is 26.2 Å². The van der Waals surface area contributed by atoms with Crippen molar-refractivity contribution in [2.24, 2.45) is 0 Å². The van der Waals surface area contributed by atoms with Crippen molar-refractivity contribution in [1.29, 1.82) is 0 Å². The Morgan fingerprint density at radius 1 is 1.19 bits per heavy atom. The van der Waals surface area contributed by atoms with E-state index in [0.29, 0.717) is 11.5 Å². The molecule has 0 unspecified atom stereocenters. The first-order valence-corrected chi connectivity index (χ1v) is 9.87. The highest BCUT2D eigenvalue weighted by molar-refractivity contribution is 5.77. The van der Waals surface area contributed by atoms with Crippen LogP contribution in [0.3, 0.4) is 0 Å². The van der Waals surface area contributed by atoms with Gasteiger partial charge in [0.2, 0.25) is 5.95 Å². The monoisotopic (exact) mass is 430 g/mol. The van der Waals surface area contributed by atoms with Crippen molar-refractivity contribution in [1.82, 2.24) is 24.6 Å². The van der Waals surface area contributed by atoms with Gasteiger partial charge in [0.15, 0.2) is 0 Å². The highest BCUT2D eigenvalue weighted by atomic mass is 19.4. The Morgan fingerprint density at radius 2 is 1.94 bits per heavy atom. The standard InChI is InChI=1S/C21H21F3N6O/c1-2-3-10-29-18-17(27-20(29)28-11-8-25-9-12-28)13-26-30(19(18)31)14-15-6-4-5-7-16(15)21(22,23)24/h4-7,13,25H,8-12,14H2,1H3. The Labute approximate surface area is 176 Å². The molecule has 1 N–H and O–H groups in total. The third-order valence-corrected chi connectivity index (χ3v) is 5.19. The SMILES string of the molecule is CC#CCn1c(N2CCNCC2)nc2cnn(Cc3ccccc3C(F)(F)F)c(=O)c21. The minimum Gasteiger partial charge on any atom is -0.340 e. The zero-order chi connectivity index (χ0) is 22.0. The lowest BCUT2D eigenvalue weighted by Crippen LogP contribution is -2.44. The fourth-order valence-corrected chi connectivity index (χ4v) is 3.70. The van der Waals surface area contributed by atoms with Gasteiger partial charge in [-0.15, -0.1) is 5.92 Å². The first-order valence-electron chi connectivity index (χ1n) is 9.87. The number of fused-ring (bicyclic) bond motifs is 1. The number of benzene rings is 1. The summed E-state index contributed by atoms with van der Waals surface area (Å²) < 4.78 is 42.9. The summed E-state index contributed by atoms with van der Waals surface area (Å²) in [5, 5.41) is 7.37. The Hall–Kier alpha value is -3.32. The van der Waals surface area contributed by atoms with Crippen LogP contribution in [-0.4, -0.2) is 45.5 Å². The summed E-state index contributed by atoms with van der Waals surface area (Å²) in [7, 11) is 0. The zero-order valence-corrected chi connectivity index (χ0v) is 16.9. The lowest BCUT2D eigenvalue weighted by Gasteiger charge is -2.28. The zero-order valence-electron chi connectivity index (χ0n) is 16.9. The van der Waals surface area contributed by atoms with Gasteiger partial charge >= 0.3 is 6.18 Å². The molecule has 0 saturated carbocycles. The van der Waals surface area contributed by atoms with Gasteiger partial charge in [0.1, 0.15) is 11.0 Å². The Kier molecular flexibility index (Phi) is 5.69. The van der Waals surface area contributed by atoms with Gasteiger partial charge in [-0.3, -0.25) is 9.36 Å². The van der Waals surface area contributed by atoms with Crippen LogP contribution >= 0.6 is 0 Å². The predicted octanol–water partition coefficient (Wildman–Crippen LogP) is 2.09. The first kappa shape index (κ1) is 20.9. The summed E-state index contributed by atoms with van der Waals surface area (Å²) in [6.07, 6.45) is -3.09. The molecule has 0 amide bonds. The van der Waals surface area contributed by atoms with E-state index in [-0.39, 0.29) is 24.2 Å². The molecule has 1 saturated heterocycles. The van der Waals surface area contributed by atoms with Crippen molar-refractivity contribution in [3.05, 3.63) is 51.9 Å². The Morgan fingerprint density at radius 3 is 2.65 bits per heavy atom. The molecular weight excluding hydrogens is 409 g/mol. The third-order valence-electron chi connectivity index (χ3n) is 5.19. The van der Waals surface area contributed by atoms with E-state index >= 15 is 0 Å². The van der Waals surface area contributed by atoms with Crippen LogP contribution in [0.5, 0.6) is 0 Å². The molecule has 4 rings (SSSR count). The number of halogens is 3. The second-order valence-corrected chi connectivity index (χ2v) is 7.16. The summed E-state index contributed by atoms with van der Waals surface area (Å²) in [6.45, 7) is 4.70. The molecule has 0 aliphatic carbocycles. The maximum absolute atomic E-state index is 13.4. The lowest BCUT2D eigenvalue weighted by molar-refractivity contribution is -0.138. The van der Waals surface area contributed by atoms with E-state index in [2.05, 4.69) is 32.1 Å². The normalized spacial score (nSPS) is 14.5. The fourth-order valence-electron chi connectivity index (χ4n) is 3.70. The second-order valence-electron chi connectivity index (χ2n) is 7.16. The van der Waals surface area contributed by atoms with Gasteiger partial charge in [-0.25, -0.2) is 9.67 Å². The minimum absolute atomic E-state index is 0.0225. The number of alkyl halides is 3. The number of nitrogens with zero attached hydrogens (tertiary/aromatic N) is 5. The number of rotatable bonds is 4. The number of hydrogen-bond acceptors (Lipinski definition) is 5. The molecule has 1 aliphatic heterocycles. The van der Waals surface area contributed by atoms with Crippen molar-refractivity contribution >= 4 is 17.0 Å². The van der Waals surface area contributed by atoms with Gasteiger partial charge in [0.25, 0.3) is 5.56 Å². The Bertz CT molecular complexity index is 1210. The van der Waals surface area contributed by atoms with Gasteiger partial charge in [0, 0.05) is 26.2 Å². The van der Waals surface area contributed by atoms with Crippen molar-refractivity contribution in [2.75, 3.05) is 31.1 Å². The molecule has 0 spiro atoms. The van der Waals surface area contributed by atoms with Crippen molar-refractivity contribution in [3.63, 3.8) is 0 Å². The minimum atomic E-state index is -4.52. The molecule has 0 atom stereocenters. The number of piperazine rings is 1. The summed E-state index contributed by atoms with van der Waals surface area (Å²) in [5.74, 6) is 6.40.